The molecule has 1 heterocycles. The van der Waals surface area contributed by atoms with E-state index in [1.54, 1.807) is 0 Å². The van der Waals surface area contributed by atoms with Crippen LogP contribution in [0.25, 0.3) is 11.0 Å². The molecule has 2 rings (SSSR count). The molecule has 1 aromatic heterocycles. The quantitative estimate of drug-likeness (QED) is 0.880. The monoisotopic (exact) mass is 232 g/mol. The van der Waals surface area contributed by atoms with E-state index >= 15 is 0 Å². The van der Waals surface area contributed by atoms with Crippen LogP contribution in [0.5, 0.6) is 0 Å². The van der Waals surface area contributed by atoms with Gasteiger partial charge in [-0.1, -0.05) is 31.1 Å². The second-order valence-electron chi connectivity index (χ2n) is 4.03. The van der Waals surface area contributed by atoms with E-state index in [2.05, 4.69) is 10.5 Å². The van der Waals surface area contributed by atoms with E-state index < -0.39 is 0 Å². The highest BCUT2D eigenvalue weighted by molar-refractivity contribution is 5.99. The highest BCUT2D eigenvalue weighted by atomic mass is 16.5. The highest BCUT2D eigenvalue weighted by Crippen LogP contribution is 2.23. The van der Waals surface area contributed by atoms with Crippen LogP contribution in [0.4, 0.5) is 5.82 Å². The molecule has 0 bridgehead atoms. The van der Waals surface area contributed by atoms with Gasteiger partial charge in [-0.3, -0.25) is 4.79 Å². The van der Waals surface area contributed by atoms with Crippen molar-refractivity contribution in [3.05, 3.63) is 24.3 Å². The Labute approximate surface area is 100.0 Å². The summed E-state index contributed by atoms with van der Waals surface area (Å²) in [6.45, 7) is 4.02. The van der Waals surface area contributed by atoms with Gasteiger partial charge in [-0.05, 0) is 25.0 Å². The van der Waals surface area contributed by atoms with Gasteiger partial charge in [0.1, 0.15) is 0 Å². The van der Waals surface area contributed by atoms with E-state index in [1.165, 1.54) is 0 Å². The molecule has 17 heavy (non-hydrogen) atoms. The van der Waals surface area contributed by atoms with Crippen molar-refractivity contribution in [1.82, 2.24) is 5.16 Å². The number of nitrogens with one attached hydrogen (secondary N) is 1. The lowest BCUT2D eigenvalue weighted by atomic mass is 10.0. The van der Waals surface area contributed by atoms with Crippen molar-refractivity contribution < 1.29 is 9.32 Å². The zero-order chi connectivity index (χ0) is 12.3. The van der Waals surface area contributed by atoms with E-state index in [-0.39, 0.29) is 11.8 Å². The van der Waals surface area contributed by atoms with Gasteiger partial charge in [-0.25, -0.2) is 0 Å². The Balaban J connectivity index is 2.21. The molecule has 0 radical (unpaired) electrons. The predicted molar refractivity (Wildman–Crippen MR) is 66.7 cm³/mol. The molecule has 1 aromatic carbocycles. The van der Waals surface area contributed by atoms with E-state index in [4.69, 9.17) is 4.52 Å². The third-order valence-corrected chi connectivity index (χ3v) is 2.98. The van der Waals surface area contributed by atoms with Gasteiger partial charge in [0.05, 0.1) is 5.39 Å². The van der Waals surface area contributed by atoms with Crippen LogP contribution in [-0.4, -0.2) is 11.1 Å². The van der Waals surface area contributed by atoms with Gasteiger partial charge >= 0.3 is 0 Å². The van der Waals surface area contributed by atoms with Gasteiger partial charge in [0.15, 0.2) is 11.4 Å². The van der Waals surface area contributed by atoms with E-state index in [0.717, 1.165) is 18.2 Å². The zero-order valence-electron chi connectivity index (χ0n) is 10.1. The molecule has 90 valence electrons. The number of fused-ring (bicyclic) bond motifs is 1. The molecular formula is C13H16N2O2. The Bertz CT molecular complexity index is 515. The molecule has 0 saturated carbocycles. The van der Waals surface area contributed by atoms with E-state index in [1.807, 2.05) is 38.1 Å². The number of carbonyl (C=O) groups excluding carboxylic acids is 1. The normalized spacial score (nSPS) is 11.0. The summed E-state index contributed by atoms with van der Waals surface area (Å²) in [4.78, 5) is 11.9. The number of amides is 1. The summed E-state index contributed by atoms with van der Waals surface area (Å²) in [5.41, 5.74) is 0.687. The van der Waals surface area contributed by atoms with Crippen molar-refractivity contribution >= 4 is 22.7 Å². The molecule has 0 atom stereocenters. The van der Waals surface area contributed by atoms with Crippen LogP contribution < -0.4 is 5.32 Å². The summed E-state index contributed by atoms with van der Waals surface area (Å²) in [6.07, 6.45) is 1.66. The number of nitrogens with zero attached hydrogens (tertiary/aromatic N) is 1. The minimum Gasteiger partial charge on any atom is -0.354 e. The summed E-state index contributed by atoms with van der Waals surface area (Å²) in [5, 5.41) is 7.54. The van der Waals surface area contributed by atoms with Gasteiger partial charge in [-0.15, -0.1) is 0 Å². The van der Waals surface area contributed by atoms with Crippen LogP contribution in [-0.2, 0) is 4.79 Å². The summed E-state index contributed by atoms with van der Waals surface area (Å²) >= 11 is 0. The first-order chi connectivity index (χ1) is 8.26. The molecule has 2 aromatic rings. The summed E-state index contributed by atoms with van der Waals surface area (Å²) in [7, 11) is 0. The zero-order valence-corrected chi connectivity index (χ0v) is 10.1. The average molecular weight is 232 g/mol. The SMILES string of the molecule is CCC(CC)C(=O)Nc1noc2ccccc12. The number of benzene rings is 1. The molecule has 0 unspecified atom stereocenters. The van der Waals surface area contributed by atoms with Gasteiger partial charge in [-0.2, -0.15) is 0 Å². The van der Waals surface area contributed by atoms with Gasteiger partial charge in [0, 0.05) is 5.92 Å². The first-order valence-electron chi connectivity index (χ1n) is 5.91. The topological polar surface area (TPSA) is 55.1 Å². The first kappa shape index (κ1) is 11.6. The molecule has 4 nitrogen and oxygen atoms in total. The summed E-state index contributed by atoms with van der Waals surface area (Å²) in [6, 6.07) is 7.48. The molecule has 0 aliphatic carbocycles. The standard InChI is InChI=1S/C13H16N2O2/c1-3-9(4-2)13(16)14-12-10-7-5-6-8-11(10)17-15-12/h5-9H,3-4H2,1-2H3,(H,14,15,16). The lowest BCUT2D eigenvalue weighted by Gasteiger charge is -2.10. The Kier molecular flexibility index (Phi) is 3.42. The Morgan fingerprint density at radius 2 is 2.06 bits per heavy atom. The van der Waals surface area contributed by atoms with Gasteiger partial charge in [0.2, 0.25) is 5.91 Å². The number of hydrogen-bond acceptors (Lipinski definition) is 3. The molecule has 1 amide bonds. The maximum atomic E-state index is 11.9. The third kappa shape index (κ3) is 2.30. The molecule has 0 aliphatic heterocycles. The Morgan fingerprint density at radius 1 is 1.35 bits per heavy atom. The van der Waals surface area contributed by atoms with Crippen molar-refractivity contribution in [2.45, 2.75) is 26.7 Å². The van der Waals surface area contributed by atoms with Crippen LogP contribution in [0.1, 0.15) is 26.7 Å². The Morgan fingerprint density at radius 3 is 2.76 bits per heavy atom. The molecule has 0 fully saturated rings. The minimum absolute atomic E-state index is 0.00838. The smallest absolute Gasteiger partial charge is 0.228 e. The van der Waals surface area contributed by atoms with Crippen LogP contribution in [0, 0.1) is 5.92 Å². The number of anilines is 1. The van der Waals surface area contributed by atoms with E-state index in [0.29, 0.717) is 11.4 Å². The number of carbonyl (C=O) groups is 1. The van der Waals surface area contributed by atoms with Crippen molar-refractivity contribution in [2.75, 3.05) is 5.32 Å². The fraction of sp³-hybridized carbons (Fsp3) is 0.385. The number of hydrogen-bond donors (Lipinski definition) is 1. The summed E-state index contributed by atoms with van der Waals surface area (Å²) in [5.74, 6) is 0.553. The van der Waals surface area contributed by atoms with Crippen molar-refractivity contribution in [3.8, 4) is 0 Å². The third-order valence-electron chi connectivity index (χ3n) is 2.98. The molecule has 4 heteroatoms. The minimum atomic E-state index is 0.00838. The molecule has 0 aliphatic rings. The fourth-order valence-corrected chi connectivity index (χ4v) is 1.85. The van der Waals surface area contributed by atoms with Gasteiger partial charge < -0.3 is 9.84 Å². The lowest BCUT2D eigenvalue weighted by Crippen LogP contribution is -2.21. The number of rotatable bonds is 4. The maximum absolute atomic E-state index is 11.9. The second kappa shape index (κ2) is 4.99. The maximum Gasteiger partial charge on any atom is 0.228 e. The average Bonchev–Trinajstić information content (AvgIpc) is 2.74. The van der Waals surface area contributed by atoms with Crippen LogP contribution >= 0.6 is 0 Å². The van der Waals surface area contributed by atoms with Crippen LogP contribution in [0.2, 0.25) is 0 Å². The number of aromatic nitrogens is 1. The van der Waals surface area contributed by atoms with Crippen molar-refractivity contribution in [1.29, 1.82) is 0 Å². The Hall–Kier alpha value is -1.84. The van der Waals surface area contributed by atoms with Crippen molar-refractivity contribution in [3.63, 3.8) is 0 Å². The predicted octanol–water partition coefficient (Wildman–Crippen LogP) is 3.20. The van der Waals surface area contributed by atoms with Crippen LogP contribution in [0.3, 0.4) is 0 Å². The number of para-hydroxylation sites is 1. The van der Waals surface area contributed by atoms with Crippen LogP contribution in [0.15, 0.2) is 28.8 Å². The lowest BCUT2D eigenvalue weighted by molar-refractivity contribution is -0.120. The highest BCUT2D eigenvalue weighted by Gasteiger charge is 2.17. The molecule has 0 spiro atoms. The second-order valence-corrected chi connectivity index (χ2v) is 4.03. The first-order valence-corrected chi connectivity index (χ1v) is 5.91. The summed E-state index contributed by atoms with van der Waals surface area (Å²) < 4.78 is 5.13. The fourth-order valence-electron chi connectivity index (χ4n) is 1.85. The van der Waals surface area contributed by atoms with Gasteiger partial charge in [0.25, 0.3) is 0 Å². The molecular weight excluding hydrogens is 216 g/mol. The molecule has 0 saturated heterocycles. The molecule has 1 N–H and O–H groups in total. The van der Waals surface area contributed by atoms with E-state index in [9.17, 15) is 4.79 Å². The van der Waals surface area contributed by atoms with Crippen molar-refractivity contribution in [2.24, 2.45) is 5.92 Å². The largest absolute Gasteiger partial charge is 0.354 e.